The molecule has 2 aliphatic heterocycles. The largest absolute Gasteiger partial charge is 0.336 e. The molecule has 2 amide bonds. The van der Waals surface area contributed by atoms with E-state index < -0.39 is 10.6 Å². The number of piperazine rings is 1. The lowest BCUT2D eigenvalue weighted by Gasteiger charge is -2.42. The van der Waals surface area contributed by atoms with Gasteiger partial charge in [0, 0.05) is 56.3 Å². The fourth-order valence-electron chi connectivity index (χ4n) is 5.60. The first-order valence-corrected chi connectivity index (χ1v) is 15.4. The molecular weight excluding hydrogens is 526 g/mol. The van der Waals surface area contributed by atoms with Crippen LogP contribution >= 0.6 is 22.2 Å². The third-order valence-corrected chi connectivity index (χ3v) is 9.99. The molecule has 6 rings (SSSR count). The van der Waals surface area contributed by atoms with Gasteiger partial charge in [-0.05, 0) is 49.2 Å². The minimum Gasteiger partial charge on any atom is -0.336 e. The second kappa shape index (κ2) is 10.2. The van der Waals surface area contributed by atoms with Crippen molar-refractivity contribution >= 4 is 44.9 Å². The van der Waals surface area contributed by atoms with Crippen molar-refractivity contribution in [3.63, 3.8) is 0 Å². The minimum atomic E-state index is -2.63. The quantitative estimate of drug-likeness (QED) is 0.466. The smallest absolute Gasteiger partial charge is 0.270 e. The van der Waals surface area contributed by atoms with E-state index in [4.69, 9.17) is 11.6 Å². The SMILES string of the molecule is O=C(c1ccc2c(c1)cc(C(=O)N1CCS(O)(O)CC1)n2-c1ccc(Cl)nc1)N1CCN(C2CCC2)CC1. The van der Waals surface area contributed by atoms with Gasteiger partial charge in [-0.1, -0.05) is 18.0 Å². The van der Waals surface area contributed by atoms with Crippen molar-refractivity contribution in [2.45, 2.75) is 25.3 Å². The monoisotopic (exact) mass is 557 g/mol. The lowest BCUT2D eigenvalue weighted by atomic mass is 9.91. The summed E-state index contributed by atoms with van der Waals surface area (Å²) in [5.41, 5.74) is 2.50. The van der Waals surface area contributed by atoms with Gasteiger partial charge in [0.1, 0.15) is 10.8 Å². The maximum absolute atomic E-state index is 13.6. The highest BCUT2D eigenvalue weighted by molar-refractivity contribution is 8.24. The Balaban J connectivity index is 1.30. The van der Waals surface area contributed by atoms with Gasteiger partial charge in [-0.25, -0.2) is 4.98 Å². The van der Waals surface area contributed by atoms with E-state index in [-0.39, 0.29) is 36.4 Å². The molecule has 9 nitrogen and oxygen atoms in total. The van der Waals surface area contributed by atoms with E-state index in [1.165, 1.54) is 19.3 Å². The van der Waals surface area contributed by atoms with Crippen LogP contribution in [0.3, 0.4) is 0 Å². The van der Waals surface area contributed by atoms with E-state index >= 15 is 0 Å². The number of aromatic nitrogens is 2. The summed E-state index contributed by atoms with van der Waals surface area (Å²) in [5, 5.41) is 1.13. The molecule has 2 N–H and O–H groups in total. The van der Waals surface area contributed by atoms with Gasteiger partial charge in [-0.2, -0.15) is 10.6 Å². The van der Waals surface area contributed by atoms with E-state index in [9.17, 15) is 18.7 Å². The Morgan fingerprint density at radius 3 is 2.24 bits per heavy atom. The van der Waals surface area contributed by atoms with Crippen molar-refractivity contribution < 1.29 is 18.7 Å². The average Bonchev–Trinajstić information content (AvgIpc) is 3.26. The zero-order valence-electron chi connectivity index (χ0n) is 21.1. The van der Waals surface area contributed by atoms with Crippen molar-refractivity contribution in [3.8, 4) is 5.69 Å². The van der Waals surface area contributed by atoms with Gasteiger partial charge in [0.05, 0.1) is 28.9 Å². The highest BCUT2D eigenvalue weighted by atomic mass is 35.5. The first-order valence-electron chi connectivity index (χ1n) is 13.1. The number of rotatable bonds is 4. The number of hydrogen-bond acceptors (Lipinski definition) is 6. The molecule has 38 heavy (non-hydrogen) atoms. The standard InChI is InChI=1S/C27H32ClN5O4S/c28-25-7-5-22(18-29-25)33-23-6-4-19(26(34)31-10-8-30(9-11-31)21-2-1-3-21)16-20(23)17-24(33)27(35)32-12-14-38(36,37)15-13-32/h4-7,16-18,21,36-37H,1-3,8-15H2. The number of carbonyl (C=O) groups excluding carboxylic acids is 2. The van der Waals surface area contributed by atoms with Crippen LogP contribution in [-0.2, 0) is 0 Å². The molecule has 4 heterocycles. The molecule has 2 aromatic heterocycles. The molecule has 0 atom stereocenters. The van der Waals surface area contributed by atoms with Crippen molar-refractivity contribution in [2.24, 2.45) is 0 Å². The van der Waals surface area contributed by atoms with E-state index in [0.29, 0.717) is 28.1 Å². The number of amides is 2. The van der Waals surface area contributed by atoms with Crippen molar-refractivity contribution in [1.82, 2.24) is 24.3 Å². The van der Waals surface area contributed by atoms with Crippen molar-refractivity contribution in [3.05, 3.63) is 59.0 Å². The van der Waals surface area contributed by atoms with E-state index in [1.807, 2.05) is 33.7 Å². The topological polar surface area (TPSA) is 102 Å². The Kier molecular flexibility index (Phi) is 6.86. The molecule has 3 aliphatic rings. The van der Waals surface area contributed by atoms with Crippen LogP contribution in [-0.4, -0.2) is 102 Å². The van der Waals surface area contributed by atoms with Gasteiger partial charge in [-0.15, -0.1) is 0 Å². The fourth-order valence-corrected chi connectivity index (χ4v) is 6.94. The maximum atomic E-state index is 13.6. The van der Waals surface area contributed by atoms with Gasteiger partial charge in [0.25, 0.3) is 11.8 Å². The third-order valence-electron chi connectivity index (χ3n) is 8.09. The number of pyridine rings is 1. The lowest BCUT2D eigenvalue weighted by molar-refractivity contribution is 0.0455. The first-order chi connectivity index (χ1) is 18.3. The molecule has 11 heteroatoms. The fraction of sp³-hybridized carbons (Fsp3) is 0.444. The average molecular weight is 558 g/mol. The molecule has 0 radical (unpaired) electrons. The summed E-state index contributed by atoms with van der Waals surface area (Å²) in [6.07, 6.45) is 5.46. The molecule has 1 aromatic carbocycles. The lowest BCUT2D eigenvalue weighted by Crippen LogP contribution is -2.53. The number of halogens is 1. The Morgan fingerprint density at radius 2 is 1.61 bits per heavy atom. The molecule has 1 aliphatic carbocycles. The second-order valence-electron chi connectivity index (χ2n) is 10.4. The summed E-state index contributed by atoms with van der Waals surface area (Å²) in [6, 6.07) is 11.5. The summed E-state index contributed by atoms with van der Waals surface area (Å²) < 4.78 is 21.8. The molecule has 202 valence electrons. The van der Waals surface area contributed by atoms with Gasteiger partial charge < -0.3 is 14.4 Å². The Morgan fingerprint density at radius 1 is 0.895 bits per heavy atom. The zero-order valence-corrected chi connectivity index (χ0v) is 22.7. The van der Waals surface area contributed by atoms with Crippen LogP contribution in [0.5, 0.6) is 0 Å². The molecule has 3 aromatic rings. The Hall–Kier alpha value is -2.63. The van der Waals surface area contributed by atoms with E-state index in [2.05, 4.69) is 9.88 Å². The van der Waals surface area contributed by atoms with Crippen LogP contribution < -0.4 is 0 Å². The van der Waals surface area contributed by atoms with E-state index in [0.717, 1.165) is 37.1 Å². The van der Waals surface area contributed by atoms with Crippen LogP contribution in [0.1, 0.15) is 40.1 Å². The number of carbonyl (C=O) groups is 2. The number of benzene rings is 1. The molecule has 2 saturated heterocycles. The number of fused-ring (bicyclic) bond motifs is 1. The van der Waals surface area contributed by atoms with Gasteiger partial charge >= 0.3 is 0 Å². The second-order valence-corrected chi connectivity index (χ2v) is 13.2. The van der Waals surface area contributed by atoms with Crippen LogP contribution in [0.15, 0.2) is 42.6 Å². The zero-order chi connectivity index (χ0) is 26.4. The third kappa shape index (κ3) is 4.91. The van der Waals surface area contributed by atoms with Gasteiger partial charge in [-0.3, -0.25) is 23.6 Å². The Bertz CT molecular complexity index is 1360. The minimum absolute atomic E-state index is 0.00943. The molecule has 1 saturated carbocycles. The van der Waals surface area contributed by atoms with Crippen LogP contribution in [0.4, 0.5) is 0 Å². The van der Waals surface area contributed by atoms with Crippen LogP contribution in [0.2, 0.25) is 5.15 Å². The maximum Gasteiger partial charge on any atom is 0.270 e. The molecule has 0 bridgehead atoms. The van der Waals surface area contributed by atoms with Gasteiger partial charge in [0.15, 0.2) is 0 Å². The summed E-state index contributed by atoms with van der Waals surface area (Å²) in [7, 11) is -2.63. The summed E-state index contributed by atoms with van der Waals surface area (Å²) >= 11 is 6.02. The summed E-state index contributed by atoms with van der Waals surface area (Å²) in [6.45, 7) is 3.83. The van der Waals surface area contributed by atoms with E-state index in [1.54, 1.807) is 23.2 Å². The highest BCUT2D eigenvalue weighted by Gasteiger charge is 2.31. The molecule has 3 fully saturated rings. The predicted molar refractivity (Wildman–Crippen MR) is 150 cm³/mol. The molecule has 0 unspecified atom stereocenters. The van der Waals surface area contributed by atoms with Crippen molar-refractivity contribution in [1.29, 1.82) is 0 Å². The summed E-state index contributed by atoms with van der Waals surface area (Å²) in [4.78, 5) is 37.3. The van der Waals surface area contributed by atoms with Crippen LogP contribution in [0, 0.1) is 0 Å². The predicted octanol–water partition coefficient (Wildman–Crippen LogP) is 4.20. The summed E-state index contributed by atoms with van der Waals surface area (Å²) in [5.74, 6) is 0.156. The molecule has 0 spiro atoms. The Labute approximate surface area is 228 Å². The van der Waals surface area contributed by atoms with Gasteiger partial charge in [0.2, 0.25) is 0 Å². The van der Waals surface area contributed by atoms with Crippen molar-refractivity contribution in [2.75, 3.05) is 50.8 Å². The normalized spacial score (nSPS) is 21.3. The van der Waals surface area contributed by atoms with Crippen LogP contribution in [0.25, 0.3) is 16.6 Å². The first kappa shape index (κ1) is 25.6. The highest BCUT2D eigenvalue weighted by Crippen LogP contribution is 2.40. The number of hydrogen-bond donors (Lipinski definition) is 2. The molecular formula is C27H32ClN5O4S. The number of nitrogens with zero attached hydrogens (tertiary/aromatic N) is 5.